The minimum absolute atomic E-state index is 0. The molecule has 4 nitrogen and oxygen atoms in total. The Morgan fingerprint density at radius 2 is 2.16 bits per heavy atom. The first-order valence-electron chi connectivity index (χ1n) is 6.10. The number of ether oxygens (including phenoxy) is 1. The number of hydrogen-bond acceptors (Lipinski definition) is 3. The van der Waals surface area contributed by atoms with E-state index in [-0.39, 0.29) is 29.6 Å². The fraction of sp³-hybridized carbons (Fsp3) is 0.462. The van der Waals surface area contributed by atoms with Crippen LogP contribution in [0.5, 0.6) is 5.75 Å². The van der Waals surface area contributed by atoms with Gasteiger partial charge in [0.25, 0.3) is 5.91 Å². The van der Waals surface area contributed by atoms with Crippen LogP contribution in [0.3, 0.4) is 0 Å². The summed E-state index contributed by atoms with van der Waals surface area (Å²) in [6, 6.07) is 4.31. The number of carbonyl (C=O) groups is 1. The number of nitrogens with one attached hydrogen (secondary N) is 1. The molecule has 0 aromatic heterocycles. The van der Waals surface area contributed by atoms with Gasteiger partial charge in [0.05, 0.1) is 12.2 Å². The van der Waals surface area contributed by atoms with Gasteiger partial charge < -0.3 is 15.8 Å². The zero-order valence-electron chi connectivity index (χ0n) is 10.9. The number of nitrogens with two attached hydrogens (primary N) is 1. The third-order valence-electron chi connectivity index (χ3n) is 2.42. The molecule has 0 fully saturated rings. The summed E-state index contributed by atoms with van der Waals surface area (Å²) in [6.07, 6.45) is 1.66. The van der Waals surface area contributed by atoms with Crippen molar-refractivity contribution in [1.29, 1.82) is 0 Å². The Bertz CT molecular complexity index is 402. The highest BCUT2D eigenvalue weighted by molar-refractivity contribution is 5.96. The third kappa shape index (κ3) is 5.44. The van der Waals surface area contributed by atoms with Crippen molar-refractivity contribution in [3.8, 4) is 5.75 Å². The van der Waals surface area contributed by atoms with Gasteiger partial charge in [-0.1, -0.05) is 6.07 Å². The predicted octanol–water partition coefficient (Wildman–Crippen LogP) is 2.11. The maximum atomic E-state index is 13.5. The smallest absolute Gasteiger partial charge is 0.255 e. The molecule has 6 heteroatoms. The predicted molar refractivity (Wildman–Crippen MR) is 75.4 cm³/mol. The number of benzene rings is 1. The Labute approximate surface area is 118 Å². The highest BCUT2D eigenvalue weighted by Crippen LogP contribution is 2.22. The molecule has 1 rings (SSSR count). The van der Waals surface area contributed by atoms with E-state index in [1.807, 2.05) is 0 Å². The molecule has 0 bridgehead atoms. The van der Waals surface area contributed by atoms with Crippen LogP contribution in [-0.2, 0) is 0 Å². The molecule has 0 radical (unpaired) electrons. The van der Waals surface area contributed by atoms with Crippen LogP contribution < -0.4 is 15.8 Å². The summed E-state index contributed by atoms with van der Waals surface area (Å²) in [7, 11) is 0. The van der Waals surface area contributed by atoms with Gasteiger partial charge in [-0.25, -0.2) is 4.39 Å². The van der Waals surface area contributed by atoms with E-state index >= 15 is 0 Å². The second kappa shape index (κ2) is 9.58. The number of unbranched alkanes of at least 4 members (excludes halogenated alkanes) is 1. The number of hydrogen-bond donors (Lipinski definition) is 2. The van der Waals surface area contributed by atoms with Gasteiger partial charge in [0.1, 0.15) is 0 Å². The molecule has 0 saturated carbocycles. The van der Waals surface area contributed by atoms with Gasteiger partial charge in [-0.15, -0.1) is 12.4 Å². The standard InChI is InChI=1S/C13H19FN2O2.ClH/c1-2-18-12-10(6-5-7-11(12)14)13(17)16-9-4-3-8-15;/h5-7H,2-4,8-9,15H2,1H3,(H,16,17);1H. The topological polar surface area (TPSA) is 64.3 Å². The van der Waals surface area contributed by atoms with E-state index in [1.54, 1.807) is 13.0 Å². The Morgan fingerprint density at radius 1 is 1.42 bits per heavy atom. The average molecular weight is 291 g/mol. The summed E-state index contributed by atoms with van der Waals surface area (Å²) in [5.74, 6) is -0.835. The summed E-state index contributed by atoms with van der Waals surface area (Å²) in [6.45, 7) is 3.18. The number of para-hydroxylation sites is 1. The van der Waals surface area contributed by atoms with Gasteiger partial charge in [0, 0.05) is 6.54 Å². The van der Waals surface area contributed by atoms with Crippen LogP contribution in [0.1, 0.15) is 30.1 Å². The SMILES string of the molecule is CCOc1c(F)cccc1C(=O)NCCCCN.Cl. The van der Waals surface area contributed by atoms with Crippen LogP contribution in [0, 0.1) is 5.82 Å². The van der Waals surface area contributed by atoms with E-state index in [4.69, 9.17) is 10.5 Å². The summed E-state index contributed by atoms with van der Waals surface area (Å²) in [4.78, 5) is 11.9. The zero-order valence-corrected chi connectivity index (χ0v) is 11.8. The molecule has 0 unspecified atom stereocenters. The number of halogens is 2. The first-order valence-corrected chi connectivity index (χ1v) is 6.10. The maximum absolute atomic E-state index is 13.5. The first-order chi connectivity index (χ1) is 8.70. The minimum Gasteiger partial charge on any atom is -0.490 e. The van der Waals surface area contributed by atoms with Gasteiger partial charge in [-0.05, 0) is 38.4 Å². The van der Waals surface area contributed by atoms with Gasteiger partial charge in [0.2, 0.25) is 0 Å². The Morgan fingerprint density at radius 3 is 2.79 bits per heavy atom. The van der Waals surface area contributed by atoms with Crippen LogP contribution in [0.15, 0.2) is 18.2 Å². The van der Waals surface area contributed by atoms with Gasteiger partial charge in [0.15, 0.2) is 11.6 Å². The fourth-order valence-electron chi connectivity index (χ4n) is 1.55. The second-order valence-corrected chi connectivity index (χ2v) is 3.80. The van der Waals surface area contributed by atoms with Crippen molar-refractivity contribution in [2.24, 2.45) is 5.73 Å². The van der Waals surface area contributed by atoms with Crippen molar-refractivity contribution in [3.63, 3.8) is 0 Å². The highest BCUT2D eigenvalue weighted by atomic mass is 35.5. The second-order valence-electron chi connectivity index (χ2n) is 3.80. The van der Waals surface area contributed by atoms with Crippen molar-refractivity contribution >= 4 is 18.3 Å². The quantitative estimate of drug-likeness (QED) is 0.756. The molecule has 3 N–H and O–H groups in total. The molecule has 1 aromatic carbocycles. The normalized spacial score (nSPS) is 9.63. The summed E-state index contributed by atoms with van der Waals surface area (Å²) in [5, 5.41) is 2.72. The van der Waals surface area contributed by atoms with Crippen molar-refractivity contribution in [1.82, 2.24) is 5.32 Å². The van der Waals surface area contributed by atoms with Gasteiger partial charge >= 0.3 is 0 Å². The molecule has 1 amide bonds. The van der Waals surface area contributed by atoms with E-state index in [0.29, 0.717) is 19.7 Å². The number of carbonyl (C=O) groups excluding carboxylic acids is 1. The monoisotopic (exact) mass is 290 g/mol. The van der Waals surface area contributed by atoms with E-state index in [2.05, 4.69) is 5.32 Å². The lowest BCUT2D eigenvalue weighted by Crippen LogP contribution is -2.25. The lowest BCUT2D eigenvalue weighted by Gasteiger charge is -2.11. The summed E-state index contributed by atoms with van der Waals surface area (Å²) >= 11 is 0. The van der Waals surface area contributed by atoms with Crippen LogP contribution in [0.25, 0.3) is 0 Å². The largest absolute Gasteiger partial charge is 0.490 e. The molecule has 0 saturated heterocycles. The molecule has 0 heterocycles. The first kappa shape index (κ1) is 17.7. The van der Waals surface area contributed by atoms with E-state index in [1.165, 1.54) is 12.1 Å². The number of amides is 1. The van der Waals surface area contributed by atoms with Crippen LogP contribution in [0.4, 0.5) is 4.39 Å². The molecule has 0 atom stereocenters. The Balaban J connectivity index is 0.00000324. The van der Waals surface area contributed by atoms with Crippen molar-refractivity contribution in [2.45, 2.75) is 19.8 Å². The summed E-state index contributed by atoms with van der Waals surface area (Å²) in [5.41, 5.74) is 5.58. The lowest BCUT2D eigenvalue weighted by molar-refractivity contribution is 0.0948. The molecule has 0 aliphatic carbocycles. The molecule has 108 valence electrons. The Kier molecular flexibility index (Phi) is 8.91. The highest BCUT2D eigenvalue weighted by Gasteiger charge is 2.15. The summed E-state index contributed by atoms with van der Waals surface area (Å²) < 4.78 is 18.7. The van der Waals surface area contributed by atoms with Crippen LogP contribution in [0.2, 0.25) is 0 Å². The van der Waals surface area contributed by atoms with E-state index in [9.17, 15) is 9.18 Å². The minimum atomic E-state index is -0.522. The molecule has 19 heavy (non-hydrogen) atoms. The number of rotatable bonds is 7. The lowest BCUT2D eigenvalue weighted by atomic mass is 10.1. The van der Waals surface area contributed by atoms with Crippen LogP contribution >= 0.6 is 12.4 Å². The molecule has 0 spiro atoms. The fourth-order valence-corrected chi connectivity index (χ4v) is 1.55. The maximum Gasteiger partial charge on any atom is 0.255 e. The molecule has 0 aliphatic heterocycles. The van der Waals surface area contributed by atoms with Crippen molar-refractivity contribution < 1.29 is 13.9 Å². The molecule has 1 aromatic rings. The molecular weight excluding hydrogens is 271 g/mol. The van der Waals surface area contributed by atoms with E-state index in [0.717, 1.165) is 12.8 Å². The van der Waals surface area contributed by atoms with Crippen LogP contribution in [-0.4, -0.2) is 25.6 Å². The van der Waals surface area contributed by atoms with Gasteiger partial charge in [-0.3, -0.25) is 4.79 Å². The van der Waals surface area contributed by atoms with Gasteiger partial charge in [-0.2, -0.15) is 0 Å². The Hall–Kier alpha value is -1.33. The van der Waals surface area contributed by atoms with Crippen molar-refractivity contribution in [2.75, 3.05) is 19.7 Å². The zero-order chi connectivity index (χ0) is 13.4. The average Bonchev–Trinajstić information content (AvgIpc) is 2.37. The van der Waals surface area contributed by atoms with E-state index < -0.39 is 5.82 Å². The molecule has 0 aliphatic rings. The van der Waals surface area contributed by atoms with Crippen molar-refractivity contribution in [3.05, 3.63) is 29.6 Å². The third-order valence-corrected chi connectivity index (χ3v) is 2.42. The molecular formula is C13H20ClFN2O2.